The van der Waals surface area contributed by atoms with Crippen molar-refractivity contribution >= 4 is 15.9 Å². The third-order valence-electron chi connectivity index (χ3n) is 1.17. The number of aromatic hydroxyl groups is 1. The highest BCUT2D eigenvalue weighted by molar-refractivity contribution is 9.10. The smallest absolute Gasteiger partial charge is 0.134 e. The second-order valence-corrected chi connectivity index (χ2v) is 2.73. The fraction of sp³-hybridized carbons (Fsp3) is 0.143. The highest BCUT2D eigenvalue weighted by Gasteiger charge is 2.00. The van der Waals surface area contributed by atoms with E-state index in [-0.39, 0.29) is 12.2 Å². The number of aromatic nitrogens is 1. The molecule has 3 nitrogen and oxygen atoms in total. The van der Waals surface area contributed by atoms with Gasteiger partial charge in [-0.25, -0.2) is 4.98 Å². The molecule has 0 bridgehead atoms. The van der Waals surface area contributed by atoms with Crippen molar-refractivity contribution in [1.29, 1.82) is 5.26 Å². The van der Waals surface area contributed by atoms with Gasteiger partial charge in [0.05, 0.1) is 18.7 Å². The third kappa shape index (κ3) is 1.92. The van der Waals surface area contributed by atoms with Gasteiger partial charge in [-0.05, 0) is 22.0 Å². The Balaban J connectivity index is 3.05. The van der Waals surface area contributed by atoms with Crippen LogP contribution in [0.25, 0.3) is 0 Å². The summed E-state index contributed by atoms with van der Waals surface area (Å²) in [6.45, 7) is 0. The lowest BCUT2D eigenvalue weighted by Crippen LogP contribution is -1.86. The minimum absolute atomic E-state index is 0.0819. The molecule has 11 heavy (non-hydrogen) atoms. The van der Waals surface area contributed by atoms with Crippen molar-refractivity contribution in [2.24, 2.45) is 0 Å². The molecule has 4 heteroatoms. The zero-order chi connectivity index (χ0) is 8.27. The van der Waals surface area contributed by atoms with Crippen LogP contribution in [-0.2, 0) is 6.42 Å². The molecule has 0 aliphatic rings. The predicted octanol–water partition coefficient (Wildman–Crippen LogP) is 1.62. The lowest BCUT2D eigenvalue weighted by molar-refractivity contribution is 0.471. The SMILES string of the molecule is N#CCc1cc(O)cnc1Br. The van der Waals surface area contributed by atoms with Crippen LogP contribution in [0.4, 0.5) is 0 Å². The zero-order valence-electron chi connectivity index (χ0n) is 5.58. The molecule has 56 valence electrons. The standard InChI is InChI=1S/C7H5BrN2O/c8-7-5(1-2-9)3-6(11)4-10-7/h3-4,11H,1H2. The lowest BCUT2D eigenvalue weighted by atomic mass is 10.2. The van der Waals surface area contributed by atoms with Crippen molar-refractivity contribution in [3.63, 3.8) is 0 Å². The number of hydrogen-bond acceptors (Lipinski definition) is 3. The van der Waals surface area contributed by atoms with Crippen molar-refractivity contribution in [2.75, 3.05) is 0 Å². The highest BCUT2D eigenvalue weighted by atomic mass is 79.9. The van der Waals surface area contributed by atoms with Crippen molar-refractivity contribution in [2.45, 2.75) is 6.42 Å². The van der Waals surface area contributed by atoms with Crippen LogP contribution in [-0.4, -0.2) is 10.1 Å². The second-order valence-electron chi connectivity index (χ2n) is 1.98. The van der Waals surface area contributed by atoms with Gasteiger partial charge in [-0.2, -0.15) is 5.26 Å². The summed E-state index contributed by atoms with van der Waals surface area (Å²) in [7, 11) is 0. The van der Waals surface area contributed by atoms with Crippen molar-refractivity contribution in [3.05, 3.63) is 22.4 Å². The molecule has 0 radical (unpaired) electrons. The number of pyridine rings is 1. The summed E-state index contributed by atoms with van der Waals surface area (Å²) < 4.78 is 0.608. The van der Waals surface area contributed by atoms with E-state index in [4.69, 9.17) is 10.4 Å². The summed E-state index contributed by atoms with van der Waals surface area (Å²) >= 11 is 3.16. The normalized spacial score (nSPS) is 9.09. The van der Waals surface area contributed by atoms with Gasteiger partial charge >= 0.3 is 0 Å². The summed E-state index contributed by atoms with van der Waals surface area (Å²) in [4.78, 5) is 3.81. The first kappa shape index (κ1) is 8.02. The van der Waals surface area contributed by atoms with Gasteiger partial charge in [0.25, 0.3) is 0 Å². The van der Waals surface area contributed by atoms with Crippen LogP contribution in [0.1, 0.15) is 5.56 Å². The Kier molecular flexibility index (Phi) is 2.44. The highest BCUT2D eigenvalue weighted by Crippen LogP contribution is 2.18. The van der Waals surface area contributed by atoms with Crippen LogP contribution in [0.5, 0.6) is 5.75 Å². The maximum Gasteiger partial charge on any atom is 0.134 e. The van der Waals surface area contributed by atoms with E-state index in [0.717, 1.165) is 0 Å². The Morgan fingerprint density at radius 3 is 3.09 bits per heavy atom. The Morgan fingerprint density at radius 1 is 1.73 bits per heavy atom. The quantitative estimate of drug-likeness (QED) is 0.721. The van der Waals surface area contributed by atoms with E-state index in [1.807, 2.05) is 6.07 Å². The van der Waals surface area contributed by atoms with Crippen LogP contribution in [0.3, 0.4) is 0 Å². The number of halogens is 1. The van der Waals surface area contributed by atoms with Crippen LogP contribution >= 0.6 is 15.9 Å². The van der Waals surface area contributed by atoms with Crippen molar-refractivity contribution < 1.29 is 5.11 Å². The Morgan fingerprint density at radius 2 is 2.45 bits per heavy atom. The van der Waals surface area contributed by atoms with Gasteiger partial charge in [-0.3, -0.25) is 0 Å². The number of rotatable bonds is 1. The fourth-order valence-corrected chi connectivity index (χ4v) is 1.05. The molecule has 0 aliphatic heterocycles. The van der Waals surface area contributed by atoms with Gasteiger partial charge in [-0.1, -0.05) is 0 Å². The number of hydrogen-bond donors (Lipinski definition) is 1. The molecule has 0 saturated heterocycles. The molecule has 0 aromatic carbocycles. The molecule has 0 atom stereocenters. The molecule has 0 fully saturated rings. The summed E-state index contributed by atoms with van der Waals surface area (Å²) in [5.41, 5.74) is 0.701. The fourth-order valence-electron chi connectivity index (χ4n) is 0.690. The molecule has 0 spiro atoms. The summed E-state index contributed by atoms with van der Waals surface area (Å²) in [5.74, 6) is 0.0819. The maximum absolute atomic E-state index is 8.97. The molecule has 1 N–H and O–H groups in total. The van der Waals surface area contributed by atoms with E-state index in [2.05, 4.69) is 20.9 Å². The largest absolute Gasteiger partial charge is 0.506 e. The Bertz CT molecular complexity index is 306. The number of nitriles is 1. The minimum Gasteiger partial charge on any atom is -0.506 e. The predicted molar refractivity (Wildman–Crippen MR) is 42.9 cm³/mol. The van der Waals surface area contributed by atoms with E-state index >= 15 is 0 Å². The molecular formula is C7H5BrN2O. The van der Waals surface area contributed by atoms with Crippen LogP contribution in [0, 0.1) is 11.3 Å². The molecule has 0 unspecified atom stereocenters. The second kappa shape index (κ2) is 3.35. The van der Waals surface area contributed by atoms with Gasteiger partial charge < -0.3 is 5.11 Å². The van der Waals surface area contributed by atoms with E-state index in [1.54, 1.807) is 0 Å². The number of nitrogens with zero attached hydrogens (tertiary/aromatic N) is 2. The zero-order valence-corrected chi connectivity index (χ0v) is 7.17. The Labute approximate surface area is 72.4 Å². The third-order valence-corrected chi connectivity index (χ3v) is 1.88. The van der Waals surface area contributed by atoms with Crippen LogP contribution in [0.2, 0.25) is 0 Å². The monoisotopic (exact) mass is 212 g/mol. The molecule has 0 saturated carbocycles. The topological polar surface area (TPSA) is 56.9 Å². The summed E-state index contributed by atoms with van der Waals surface area (Å²) in [6.07, 6.45) is 1.58. The van der Waals surface area contributed by atoms with Gasteiger partial charge in [0.1, 0.15) is 10.4 Å². The molecule has 1 aromatic heterocycles. The summed E-state index contributed by atoms with van der Waals surface area (Å²) in [5, 5.41) is 17.3. The Hall–Kier alpha value is -1.08. The first-order chi connectivity index (χ1) is 5.24. The van der Waals surface area contributed by atoms with Crippen molar-refractivity contribution in [1.82, 2.24) is 4.98 Å². The molecule has 0 aliphatic carbocycles. The average Bonchev–Trinajstić information content (AvgIpc) is 1.98. The van der Waals surface area contributed by atoms with Gasteiger partial charge in [0.15, 0.2) is 0 Å². The van der Waals surface area contributed by atoms with Crippen LogP contribution < -0.4 is 0 Å². The first-order valence-corrected chi connectivity index (χ1v) is 3.73. The molecule has 1 rings (SSSR count). The van der Waals surface area contributed by atoms with E-state index in [1.165, 1.54) is 12.3 Å². The van der Waals surface area contributed by atoms with Gasteiger partial charge in [-0.15, -0.1) is 0 Å². The van der Waals surface area contributed by atoms with E-state index < -0.39 is 0 Å². The molecule has 1 aromatic rings. The molecule has 0 amide bonds. The summed E-state index contributed by atoms with van der Waals surface area (Å²) in [6, 6.07) is 3.49. The van der Waals surface area contributed by atoms with Gasteiger partial charge in [0.2, 0.25) is 0 Å². The minimum atomic E-state index is 0.0819. The molecular weight excluding hydrogens is 208 g/mol. The van der Waals surface area contributed by atoms with Gasteiger partial charge in [0, 0.05) is 5.56 Å². The maximum atomic E-state index is 8.97. The molecule has 1 heterocycles. The van der Waals surface area contributed by atoms with Crippen molar-refractivity contribution in [3.8, 4) is 11.8 Å². The average molecular weight is 213 g/mol. The van der Waals surface area contributed by atoms with E-state index in [0.29, 0.717) is 10.2 Å². The lowest BCUT2D eigenvalue weighted by Gasteiger charge is -1.97. The van der Waals surface area contributed by atoms with Crippen LogP contribution in [0.15, 0.2) is 16.9 Å². The van der Waals surface area contributed by atoms with E-state index in [9.17, 15) is 0 Å². The first-order valence-electron chi connectivity index (χ1n) is 2.94.